The maximum absolute atomic E-state index is 12.1. The van der Waals surface area contributed by atoms with Crippen molar-refractivity contribution in [2.75, 3.05) is 26.2 Å². The summed E-state index contributed by atoms with van der Waals surface area (Å²) in [5.41, 5.74) is 5.25. The first-order valence-electron chi connectivity index (χ1n) is 8.97. The molecular weight excluding hydrogens is 346 g/mol. The summed E-state index contributed by atoms with van der Waals surface area (Å²) >= 11 is 1.37. The minimum absolute atomic E-state index is 0.0721. The molecule has 2 aromatic rings. The minimum Gasteiger partial charge on any atom is -0.357 e. The Bertz CT molecular complexity index is 786. The lowest BCUT2D eigenvalue weighted by atomic mass is 10.0. The Kier molecular flexibility index (Phi) is 6.22. The first kappa shape index (κ1) is 18.4. The highest BCUT2D eigenvalue weighted by Crippen LogP contribution is 2.18. The quantitative estimate of drug-likeness (QED) is 0.480. The van der Waals surface area contributed by atoms with Gasteiger partial charge in [0.2, 0.25) is 0 Å². The van der Waals surface area contributed by atoms with E-state index < -0.39 is 0 Å². The lowest BCUT2D eigenvalue weighted by molar-refractivity contribution is 0.0958. The normalized spacial score (nSPS) is 14.1. The molecule has 1 aromatic carbocycles. The Labute approximate surface area is 158 Å². The first-order chi connectivity index (χ1) is 12.7. The summed E-state index contributed by atoms with van der Waals surface area (Å²) in [6.07, 6.45) is 1.03. The smallest absolute Gasteiger partial charge is 0.263 e. The highest BCUT2D eigenvalue weighted by Gasteiger charge is 2.18. The van der Waals surface area contributed by atoms with Gasteiger partial charge in [0.05, 0.1) is 17.7 Å². The number of rotatable bonds is 5. The zero-order valence-corrected chi connectivity index (χ0v) is 16.1. The number of aliphatic imine (C=N–C) groups is 1. The summed E-state index contributed by atoms with van der Waals surface area (Å²) in [4.78, 5) is 23.9. The zero-order chi connectivity index (χ0) is 18.4. The fourth-order valence-electron chi connectivity index (χ4n) is 3.03. The molecule has 0 spiro atoms. The van der Waals surface area contributed by atoms with Crippen LogP contribution in [0.2, 0.25) is 0 Å². The number of aromatic nitrogens is 1. The predicted molar refractivity (Wildman–Crippen MR) is 106 cm³/mol. The van der Waals surface area contributed by atoms with Gasteiger partial charge >= 0.3 is 0 Å². The molecule has 2 N–H and O–H groups in total. The molecule has 0 aliphatic carbocycles. The molecule has 1 aliphatic rings. The van der Waals surface area contributed by atoms with Gasteiger partial charge in [0.15, 0.2) is 5.96 Å². The number of thiazole rings is 1. The molecule has 26 heavy (non-hydrogen) atoms. The van der Waals surface area contributed by atoms with Crippen LogP contribution < -0.4 is 10.6 Å². The van der Waals surface area contributed by atoms with Gasteiger partial charge in [-0.25, -0.2) is 4.98 Å². The fourth-order valence-corrected chi connectivity index (χ4v) is 3.75. The summed E-state index contributed by atoms with van der Waals surface area (Å²) in [7, 11) is 0. The second kappa shape index (κ2) is 8.80. The average molecular weight is 372 g/mol. The van der Waals surface area contributed by atoms with E-state index in [1.54, 1.807) is 5.51 Å². The van der Waals surface area contributed by atoms with Gasteiger partial charge in [-0.05, 0) is 31.4 Å². The van der Waals surface area contributed by atoms with E-state index in [1.165, 1.54) is 22.5 Å². The van der Waals surface area contributed by atoms with Gasteiger partial charge in [-0.2, -0.15) is 0 Å². The highest BCUT2D eigenvalue weighted by molar-refractivity contribution is 7.11. The molecule has 0 radical (unpaired) electrons. The molecule has 7 heteroatoms. The Morgan fingerprint density at radius 1 is 1.31 bits per heavy atom. The predicted octanol–water partition coefficient (Wildman–Crippen LogP) is 2.21. The third-order valence-corrected chi connectivity index (χ3v) is 5.30. The van der Waals surface area contributed by atoms with Crippen molar-refractivity contribution in [1.82, 2.24) is 20.5 Å². The molecule has 2 heterocycles. The van der Waals surface area contributed by atoms with Crippen LogP contribution in [0.4, 0.5) is 0 Å². The Morgan fingerprint density at radius 3 is 2.85 bits per heavy atom. The van der Waals surface area contributed by atoms with E-state index in [0.717, 1.165) is 37.7 Å². The largest absolute Gasteiger partial charge is 0.357 e. The Morgan fingerprint density at radius 2 is 2.12 bits per heavy atom. The van der Waals surface area contributed by atoms with E-state index >= 15 is 0 Å². The third kappa shape index (κ3) is 4.40. The maximum Gasteiger partial charge on any atom is 0.263 e. The first-order valence-corrected chi connectivity index (χ1v) is 9.85. The van der Waals surface area contributed by atoms with Crippen LogP contribution in [0, 0.1) is 6.92 Å². The molecule has 6 nitrogen and oxygen atoms in total. The third-order valence-electron chi connectivity index (χ3n) is 4.38. The van der Waals surface area contributed by atoms with Crippen molar-refractivity contribution in [2.45, 2.75) is 26.8 Å². The fraction of sp³-hybridized carbons (Fsp3) is 0.421. The van der Waals surface area contributed by atoms with E-state index in [0.29, 0.717) is 18.0 Å². The van der Waals surface area contributed by atoms with E-state index in [4.69, 9.17) is 4.99 Å². The molecule has 0 unspecified atom stereocenters. The molecule has 3 rings (SSSR count). The molecule has 0 bridgehead atoms. The molecule has 0 fully saturated rings. The van der Waals surface area contributed by atoms with Gasteiger partial charge < -0.3 is 15.5 Å². The number of benzene rings is 1. The Balaban J connectivity index is 1.56. The van der Waals surface area contributed by atoms with Crippen LogP contribution in [-0.4, -0.2) is 47.9 Å². The van der Waals surface area contributed by atoms with Gasteiger partial charge in [-0.15, -0.1) is 11.3 Å². The van der Waals surface area contributed by atoms with Gasteiger partial charge in [0, 0.05) is 26.2 Å². The van der Waals surface area contributed by atoms with Crippen molar-refractivity contribution >= 4 is 23.2 Å². The topological polar surface area (TPSA) is 69.6 Å². The standard InChI is InChI=1S/C19H25N5OS/c1-3-20-19(24-11-8-15-6-4-5-7-16(15)12-24)22-10-9-21-18(25)17-14(2)23-13-26-17/h4-7,13H,3,8-12H2,1-2H3,(H,20,22)(H,21,25). The number of aryl methyl sites for hydroxylation is 1. The number of hydrogen-bond donors (Lipinski definition) is 2. The second-order valence-corrected chi connectivity index (χ2v) is 7.05. The molecule has 0 atom stereocenters. The number of fused-ring (bicyclic) bond motifs is 1. The van der Waals surface area contributed by atoms with Gasteiger partial charge in [-0.1, -0.05) is 24.3 Å². The minimum atomic E-state index is -0.0721. The van der Waals surface area contributed by atoms with Crippen LogP contribution in [0.25, 0.3) is 0 Å². The number of hydrogen-bond acceptors (Lipinski definition) is 4. The summed E-state index contributed by atoms with van der Waals surface area (Å²) in [5, 5.41) is 6.28. The molecule has 0 saturated heterocycles. The summed E-state index contributed by atoms with van der Waals surface area (Å²) in [5.74, 6) is 0.835. The lowest BCUT2D eigenvalue weighted by Gasteiger charge is -2.31. The van der Waals surface area contributed by atoms with E-state index in [9.17, 15) is 4.79 Å². The van der Waals surface area contributed by atoms with Crippen molar-refractivity contribution in [1.29, 1.82) is 0 Å². The maximum atomic E-state index is 12.1. The second-order valence-electron chi connectivity index (χ2n) is 6.20. The van der Waals surface area contributed by atoms with Gasteiger partial charge in [0.1, 0.15) is 4.88 Å². The monoisotopic (exact) mass is 371 g/mol. The van der Waals surface area contributed by atoms with Crippen LogP contribution in [0.3, 0.4) is 0 Å². The number of guanidine groups is 1. The van der Waals surface area contributed by atoms with Crippen molar-refractivity contribution in [3.05, 3.63) is 51.5 Å². The van der Waals surface area contributed by atoms with Crippen LogP contribution in [0.15, 0.2) is 34.8 Å². The molecule has 1 amide bonds. The van der Waals surface area contributed by atoms with E-state index in [2.05, 4.69) is 51.7 Å². The number of carbonyl (C=O) groups excluding carboxylic acids is 1. The Hall–Kier alpha value is -2.41. The van der Waals surface area contributed by atoms with Crippen molar-refractivity contribution < 1.29 is 4.79 Å². The number of carbonyl (C=O) groups is 1. The zero-order valence-electron chi connectivity index (χ0n) is 15.3. The molecule has 1 aromatic heterocycles. The van der Waals surface area contributed by atoms with Gasteiger partial charge in [0.25, 0.3) is 5.91 Å². The summed E-state index contributed by atoms with van der Waals surface area (Å²) in [6.45, 7) is 7.62. The SMILES string of the molecule is CCNC(=NCCNC(=O)c1scnc1C)N1CCc2ccccc2C1. The highest BCUT2D eigenvalue weighted by atomic mass is 32.1. The van der Waals surface area contributed by atoms with Crippen LogP contribution in [0.1, 0.15) is 33.4 Å². The van der Waals surface area contributed by atoms with Crippen molar-refractivity contribution in [3.8, 4) is 0 Å². The van der Waals surface area contributed by atoms with E-state index in [-0.39, 0.29) is 5.91 Å². The number of nitrogens with one attached hydrogen (secondary N) is 2. The van der Waals surface area contributed by atoms with Crippen molar-refractivity contribution in [2.24, 2.45) is 4.99 Å². The van der Waals surface area contributed by atoms with Crippen molar-refractivity contribution in [3.63, 3.8) is 0 Å². The number of nitrogens with zero attached hydrogens (tertiary/aromatic N) is 3. The van der Waals surface area contributed by atoms with Crippen LogP contribution >= 0.6 is 11.3 Å². The van der Waals surface area contributed by atoms with E-state index in [1.807, 2.05) is 6.92 Å². The average Bonchev–Trinajstić information content (AvgIpc) is 3.09. The number of amides is 1. The molecule has 138 valence electrons. The molecule has 0 saturated carbocycles. The summed E-state index contributed by atoms with van der Waals surface area (Å²) in [6, 6.07) is 8.57. The molecule has 1 aliphatic heterocycles. The van der Waals surface area contributed by atoms with Crippen LogP contribution in [0.5, 0.6) is 0 Å². The van der Waals surface area contributed by atoms with Crippen LogP contribution in [-0.2, 0) is 13.0 Å². The van der Waals surface area contributed by atoms with Gasteiger partial charge in [-0.3, -0.25) is 9.79 Å². The summed E-state index contributed by atoms with van der Waals surface area (Å²) < 4.78 is 0. The lowest BCUT2D eigenvalue weighted by Crippen LogP contribution is -2.44. The molecular formula is C19H25N5OS.